The summed E-state index contributed by atoms with van der Waals surface area (Å²) in [7, 11) is 1.55. The van der Waals surface area contributed by atoms with Crippen molar-refractivity contribution in [2.24, 2.45) is 0 Å². The molecule has 0 aliphatic carbocycles. The molecule has 3 aromatic rings. The Balaban J connectivity index is 1.35. The van der Waals surface area contributed by atoms with Crippen LogP contribution in [0.2, 0.25) is 0 Å². The van der Waals surface area contributed by atoms with E-state index in [0.717, 1.165) is 11.8 Å². The second-order valence-corrected chi connectivity index (χ2v) is 6.86. The third-order valence-electron chi connectivity index (χ3n) is 3.99. The third kappa shape index (κ3) is 4.32. The highest BCUT2D eigenvalue weighted by atomic mass is 32.2. The zero-order chi connectivity index (χ0) is 20.2. The number of hydrogen-bond acceptors (Lipinski definition) is 8. The van der Waals surface area contributed by atoms with E-state index in [-0.39, 0.29) is 29.6 Å². The fraction of sp³-hybridized carbons (Fsp3) is 0.158. The number of carbonyl (C=O) groups excluding carboxylic acids is 2. The number of ether oxygens (including phenoxy) is 2. The van der Waals surface area contributed by atoms with Crippen molar-refractivity contribution in [1.29, 1.82) is 0 Å². The maximum absolute atomic E-state index is 12.2. The van der Waals surface area contributed by atoms with E-state index < -0.39 is 0 Å². The maximum atomic E-state index is 12.2. The van der Waals surface area contributed by atoms with Gasteiger partial charge in [0.05, 0.1) is 5.75 Å². The lowest BCUT2D eigenvalue weighted by atomic mass is 10.2. The third-order valence-corrected chi connectivity index (χ3v) is 4.81. The predicted molar refractivity (Wildman–Crippen MR) is 105 cm³/mol. The summed E-state index contributed by atoms with van der Waals surface area (Å²) in [5.74, 6) is 1.20. The summed E-state index contributed by atoms with van der Waals surface area (Å²) in [5.41, 5.74) is 1.69. The minimum absolute atomic E-state index is 0.0764. The molecule has 2 heterocycles. The molecule has 0 atom stereocenters. The summed E-state index contributed by atoms with van der Waals surface area (Å²) in [6.07, 6.45) is 0. The molecule has 10 heteroatoms. The normalized spacial score (nSPS) is 11.9. The Morgan fingerprint density at radius 3 is 2.83 bits per heavy atom. The molecule has 0 unspecified atom stereocenters. The van der Waals surface area contributed by atoms with Crippen LogP contribution in [-0.4, -0.2) is 41.6 Å². The number of nitrogens with one attached hydrogen (secondary N) is 2. The van der Waals surface area contributed by atoms with E-state index >= 15 is 0 Å². The van der Waals surface area contributed by atoms with E-state index in [9.17, 15) is 9.59 Å². The van der Waals surface area contributed by atoms with E-state index in [0.29, 0.717) is 34.2 Å². The van der Waals surface area contributed by atoms with Gasteiger partial charge in [-0.25, -0.2) is 0 Å². The molecule has 9 nitrogen and oxygen atoms in total. The van der Waals surface area contributed by atoms with Gasteiger partial charge in [-0.2, -0.15) is 0 Å². The van der Waals surface area contributed by atoms with Crippen LogP contribution < -0.4 is 20.1 Å². The van der Waals surface area contributed by atoms with E-state index in [1.54, 1.807) is 49.5 Å². The van der Waals surface area contributed by atoms with Crippen molar-refractivity contribution >= 4 is 29.3 Å². The summed E-state index contributed by atoms with van der Waals surface area (Å²) in [5, 5.41) is 13.5. The molecule has 0 radical (unpaired) electrons. The number of rotatable bonds is 6. The number of carbonyl (C=O) groups is 2. The van der Waals surface area contributed by atoms with Gasteiger partial charge in [0.25, 0.3) is 11.1 Å². The summed E-state index contributed by atoms with van der Waals surface area (Å²) >= 11 is 1.12. The Kier molecular flexibility index (Phi) is 5.34. The predicted octanol–water partition coefficient (Wildman–Crippen LogP) is 2.56. The van der Waals surface area contributed by atoms with Crippen molar-refractivity contribution in [3.8, 4) is 23.0 Å². The van der Waals surface area contributed by atoms with E-state index in [2.05, 4.69) is 20.8 Å². The second-order valence-electron chi connectivity index (χ2n) is 5.94. The molecule has 0 bridgehead atoms. The van der Waals surface area contributed by atoms with Gasteiger partial charge in [-0.15, -0.1) is 10.2 Å². The first kappa shape index (κ1) is 18.8. The van der Waals surface area contributed by atoms with Gasteiger partial charge in [-0.1, -0.05) is 17.8 Å². The molecule has 29 heavy (non-hydrogen) atoms. The van der Waals surface area contributed by atoms with Crippen molar-refractivity contribution in [2.45, 2.75) is 5.22 Å². The smallest absolute Gasteiger partial charge is 0.277 e. The number of thioether (sulfide) groups is 1. The van der Waals surface area contributed by atoms with Crippen LogP contribution in [0, 0.1) is 0 Å². The van der Waals surface area contributed by atoms with Crippen LogP contribution in [0.3, 0.4) is 0 Å². The molecule has 0 saturated carbocycles. The monoisotopic (exact) mass is 412 g/mol. The molecule has 2 amide bonds. The first-order valence-corrected chi connectivity index (χ1v) is 9.59. The van der Waals surface area contributed by atoms with E-state index in [1.807, 2.05) is 0 Å². The molecule has 0 spiro atoms. The average molecular weight is 412 g/mol. The highest BCUT2D eigenvalue weighted by Gasteiger charge is 2.17. The minimum atomic E-state index is -0.258. The number of benzene rings is 2. The fourth-order valence-electron chi connectivity index (χ4n) is 2.62. The summed E-state index contributed by atoms with van der Waals surface area (Å²) in [6, 6.07) is 12.0. The molecule has 4 rings (SSSR count). The Hall–Kier alpha value is -3.53. The standard InChI is InChI=1S/C19H16N4O5S/c1-20-17(25)11-3-2-4-13(7-11)21-16(24)9-29-19-23-22-18(28-19)12-5-6-14-15(8-12)27-10-26-14/h2-8H,9-10H2,1H3,(H,20,25)(H,21,24). The largest absolute Gasteiger partial charge is 0.454 e. The van der Waals surface area contributed by atoms with Crippen molar-refractivity contribution in [2.75, 3.05) is 24.9 Å². The van der Waals surface area contributed by atoms with Gasteiger partial charge in [0.2, 0.25) is 18.6 Å². The second kappa shape index (κ2) is 8.23. The Morgan fingerprint density at radius 2 is 1.97 bits per heavy atom. The van der Waals surface area contributed by atoms with Crippen molar-refractivity contribution in [3.05, 3.63) is 48.0 Å². The highest BCUT2D eigenvalue weighted by Crippen LogP contribution is 2.36. The zero-order valence-electron chi connectivity index (χ0n) is 15.3. The minimum Gasteiger partial charge on any atom is -0.454 e. The lowest BCUT2D eigenvalue weighted by Gasteiger charge is -2.06. The number of fused-ring (bicyclic) bond motifs is 1. The molecule has 0 saturated heterocycles. The van der Waals surface area contributed by atoms with Crippen LogP contribution in [0.4, 0.5) is 5.69 Å². The average Bonchev–Trinajstić information content (AvgIpc) is 3.40. The Morgan fingerprint density at radius 1 is 1.10 bits per heavy atom. The molecule has 1 aliphatic heterocycles. The highest BCUT2D eigenvalue weighted by molar-refractivity contribution is 7.99. The summed E-state index contributed by atoms with van der Waals surface area (Å²) < 4.78 is 16.2. The van der Waals surface area contributed by atoms with E-state index in [1.165, 1.54) is 0 Å². The molecule has 0 fully saturated rings. The quantitative estimate of drug-likeness (QED) is 0.594. The van der Waals surface area contributed by atoms with Gasteiger partial charge in [0.15, 0.2) is 11.5 Å². The van der Waals surface area contributed by atoms with Crippen LogP contribution in [0.15, 0.2) is 52.1 Å². The fourth-order valence-corrected chi connectivity index (χ4v) is 3.18. The van der Waals surface area contributed by atoms with Crippen molar-refractivity contribution < 1.29 is 23.5 Å². The maximum Gasteiger partial charge on any atom is 0.277 e. The lowest BCUT2D eigenvalue weighted by molar-refractivity contribution is -0.113. The molecule has 148 valence electrons. The first-order valence-electron chi connectivity index (χ1n) is 8.61. The van der Waals surface area contributed by atoms with Gasteiger partial charge in [0, 0.05) is 23.9 Å². The van der Waals surface area contributed by atoms with Crippen molar-refractivity contribution in [3.63, 3.8) is 0 Å². The number of anilines is 1. The summed E-state index contributed by atoms with van der Waals surface area (Å²) in [4.78, 5) is 23.9. The number of aromatic nitrogens is 2. The number of hydrogen-bond donors (Lipinski definition) is 2. The van der Waals surface area contributed by atoms with Crippen LogP contribution >= 0.6 is 11.8 Å². The Labute approximate surface area is 169 Å². The van der Waals surface area contributed by atoms with Gasteiger partial charge >= 0.3 is 0 Å². The van der Waals surface area contributed by atoms with E-state index in [4.69, 9.17) is 13.9 Å². The van der Waals surface area contributed by atoms with Crippen LogP contribution in [0.1, 0.15) is 10.4 Å². The topological polar surface area (TPSA) is 116 Å². The Bertz CT molecular complexity index is 1070. The molecule has 2 aromatic carbocycles. The number of nitrogens with zero attached hydrogens (tertiary/aromatic N) is 2. The van der Waals surface area contributed by atoms with Crippen LogP contribution in [-0.2, 0) is 4.79 Å². The molecular formula is C19H16N4O5S. The molecule has 1 aliphatic rings. The lowest BCUT2D eigenvalue weighted by Crippen LogP contribution is -2.18. The van der Waals surface area contributed by atoms with Crippen LogP contribution in [0.5, 0.6) is 11.5 Å². The first-order chi connectivity index (χ1) is 14.1. The molecule has 1 aromatic heterocycles. The van der Waals surface area contributed by atoms with Gasteiger partial charge < -0.3 is 24.5 Å². The molecular weight excluding hydrogens is 396 g/mol. The summed E-state index contributed by atoms with van der Waals surface area (Å²) in [6.45, 7) is 0.185. The van der Waals surface area contributed by atoms with Crippen LogP contribution in [0.25, 0.3) is 11.5 Å². The number of amides is 2. The SMILES string of the molecule is CNC(=O)c1cccc(NC(=O)CSc2nnc(-c3ccc4c(c3)OCO4)o2)c1. The van der Waals surface area contributed by atoms with Gasteiger partial charge in [0.1, 0.15) is 0 Å². The van der Waals surface area contributed by atoms with Gasteiger partial charge in [-0.05, 0) is 36.4 Å². The van der Waals surface area contributed by atoms with Crippen molar-refractivity contribution in [1.82, 2.24) is 15.5 Å². The van der Waals surface area contributed by atoms with Gasteiger partial charge in [-0.3, -0.25) is 9.59 Å². The molecule has 2 N–H and O–H groups in total. The zero-order valence-corrected chi connectivity index (χ0v) is 16.1.